The number of hydrogen-bond acceptors (Lipinski definition) is 4. The predicted molar refractivity (Wildman–Crippen MR) is 106 cm³/mol. The number of fused-ring (bicyclic) bond motifs is 1. The van der Waals surface area contributed by atoms with Crippen LogP contribution in [0.15, 0.2) is 47.6 Å². The Hall–Kier alpha value is -2.34. The molecule has 0 spiro atoms. The molecule has 3 aromatic rings. The zero-order valence-corrected chi connectivity index (χ0v) is 15.8. The molecule has 4 rings (SSSR count). The Kier molecular flexibility index (Phi) is 4.68. The second-order valence-electron chi connectivity index (χ2n) is 6.67. The molecule has 0 radical (unpaired) electrons. The highest BCUT2D eigenvalue weighted by molar-refractivity contribution is 8.00. The van der Waals surface area contributed by atoms with Crippen LogP contribution in [-0.4, -0.2) is 25.9 Å². The van der Waals surface area contributed by atoms with Crippen molar-refractivity contribution in [2.75, 3.05) is 5.32 Å². The highest BCUT2D eigenvalue weighted by Gasteiger charge is 2.30. The fourth-order valence-corrected chi connectivity index (χ4v) is 3.97. The highest BCUT2D eigenvalue weighted by Crippen LogP contribution is 2.40. The number of anilines is 1. The smallest absolute Gasteiger partial charge is 0.237 e. The largest absolute Gasteiger partial charge is 0.325 e. The summed E-state index contributed by atoms with van der Waals surface area (Å²) in [6.45, 7) is 4.84. The average Bonchev–Trinajstić information content (AvgIpc) is 3.42. The van der Waals surface area contributed by atoms with E-state index in [0.29, 0.717) is 5.92 Å². The first kappa shape index (κ1) is 17.1. The van der Waals surface area contributed by atoms with Gasteiger partial charge < -0.3 is 9.88 Å². The van der Waals surface area contributed by atoms with Crippen LogP contribution < -0.4 is 5.32 Å². The molecule has 1 fully saturated rings. The van der Waals surface area contributed by atoms with Gasteiger partial charge in [0.2, 0.25) is 5.91 Å². The number of benzene rings is 2. The molecule has 5 nitrogen and oxygen atoms in total. The molecule has 0 aliphatic heterocycles. The third kappa shape index (κ3) is 3.46. The molecule has 134 valence electrons. The molecule has 2 aromatic carbocycles. The SMILES string of the molecule is CCn1c(SC(C)C(=O)Nc2ccc3ccccc3c2)nnc1C1CC1. The zero-order valence-electron chi connectivity index (χ0n) is 15.0. The van der Waals surface area contributed by atoms with Crippen molar-refractivity contribution in [3.05, 3.63) is 48.3 Å². The van der Waals surface area contributed by atoms with E-state index in [1.807, 2.05) is 43.3 Å². The molecule has 0 saturated heterocycles. The number of aromatic nitrogens is 3. The number of carbonyl (C=O) groups is 1. The molecule has 1 unspecified atom stereocenters. The average molecular weight is 366 g/mol. The summed E-state index contributed by atoms with van der Waals surface area (Å²) < 4.78 is 2.14. The van der Waals surface area contributed by atoms with E-state index in [2.05, 4.69) is 33.1 Å². The summed E-state index contributed by atoms with van der Waals surface area (Å²) in [6, 6.07) is 14.1. The molecule has 26 heavy (non-hydrogen) atoms. The van der Waals surface area contributed by atoms with Crippen LogP contribution in [0.2, 0.25) is 0 Å². The lowest BCUT2D eigenvalue weighted by Gasteiger charge is -2.13. The van der Waals surface area contributed by atoms with Gasteiger partial charge in [0.15, 0.2) is 5.16 Å². The summed E-state index contributed by atoms with van der Waals surface area (Å²) in [5.74, 6) is 1.60. The first-order valence-corrected chi connectivity index (χ1v) is 9.93. The third-order valence-corrected chi connectivity index (χ3v) is 5.75. The standard InChI is InChI=1S/C20H22N4OS/c1-3-24-18(15-8-9-15)22-23-20(24)26-13(2)19(25)21-17-11-10-14-6-4-5-7-16(14)12-17/h4-7,10-13,15H,3,8-9H2,1-2H3,(H,21,25). The van der Waals surface area contributed by atoms with Crippen molar-refractivity contribution < 1.29 is 4.79 Å². The fourth-order valence-electron chi connectivity index (χ4n) is 3.05. The Labute approximate surface area is 157 Å². The lowest BCUT2D eigenvalue weighted by molar-refractivity contribution is -0.115. The lowest BCUT2D eigenvalue weighted by atomic mass is 10.1. The minimum atomic E-state index is -0.247. The minimum absolute atomic E-state index is 0.0242. The first-order chi connectivity index (χ1) is 12.7. The van der Waals surface area contributed by atoms with Crippen LogP contribution in [0.4, 0.5) is 5.69 Å². The molecule has 6 heteroatoms. The lowest BCUT2D eigenvalue weighted by Crippen LogP contribution is -2.23. The molecule has 1 aliphatic carbocycles. The summed E-state index contributed by atoms with van der Waals surface area (Å²) in [6.07, 6.45) is 2.39. The Morgan fingerprint density at radius 3 is 2.73 bits per heavy atom. The number of hydrogen-bond donors (Lipinski definition) is 1. The fraction of sp³-hybridized carbons (Fsp3) is 0.350. The summed E-state index contributed by atoms with van der Waals surface area (Å²) in [5, 5.41) is 14.5. The van der Waals surface area contributed by atoms with Crippen LogP contribution in [0.25, 0.3) is 10.8 Å². The van der Waals surface area contributed by atoms with Gasteiger partial charge in [0.1, 0.15) is 5.82 Å². The summed E-state index contributed by atoms with van der Waals surface area (Å²) in [5.41, 5.74) is 0.816. The molecule has 1 aliphatic rings. The predicted octanol–water partition coefficient (Wildman–Crippen LogP) is 4.45. The van der Waals surface area contributed by atoms with Crippen LogP contribution in [0.1, 0.15) is 38.4 Å². The summed E-state index contributed by atoms with van der Waals surface area (Å²) >= 11 is 1.47. The van der Waals surface area contributed by atoms with Gasteiger partial charge in [-0.05, 0) is 49.6 Å². The third-order valence-electron chi connectivity index (χ3n) is 4.67. The number of nitrogens with zero attached hydrogens (tertiary/aromatic N) is 3. The van der Waals surface area contributed by atoms with Crippen molar-refractivity contribution in [3.63, 3.8) is 0 Å². The van der Waals surface area contributed by atoms with E-state index in [1.165, 1.54) is 24.6 Å². The molecule has 1 saturated carbocycles. The van der Waals surface area contributed by atoms with Crippen LogP contribution in [0.5, 0.6) is 0 Å². The van der Waals surface area contributed by atoms with Gasteiger partial charge in [-0.15, -0.1) is 10.2 Å². The van der Waals surface area contributed by atoms with Crippen molar-refractivity contribution >= 4 is 34.1 Å². The van der Waals surface area contributed by atoms with E-state index in [4.69, 9.17) is 0 Å². The van der Waals surface area contributed by atoms with Gasteiger partial charge in [-0.25, -0.2) is 0 Å². The molecule has 1 N–H and O–H groups in total. The van der Waals surface area contributed by atoms with Crippen molar-refractivity contribution in [2.45, 2.75) is 49.6 Å². The minimum Gasteiger partial charge on any atom is -0.325 e. The van der Waals surface area contributed by atoms with Gasteiger partial charge in [-0.3, -0.25) is 4.79 Å². The number of thioether (sulfide) groups is 1. The van der Waals surface area contributed by atoms with E-state index < -0.39 is 0 Å². The van der Waals surface area contributed by atoms with Crippen molar-refractivity contribution in [1.29, 1.82) is 0 Å². The monoisotopic (exact) mass is 366 g/mol. The van der Waals surface area contributed by atoms with Crippen molar-refractivity contribution in [2.24, 2.45) is 0 Å². The second-order valence-corrected chi connectivity index (χ2v) is 7.98. The molecular weight excluding hydrogens is 344 g/mol. The van der Waals surface area contributed by atoms with E-state index in [9.17, 15) is 4.79 Å². The van der Waals surface area contributed by atoms with E-state index in [0.717, 1.165) is 34.0 Å². The maximum Gasteiger partial charge on any atom is 0.237 e. The van der Waals surface area contributed by atoms with Gasteiger partial charge in [0, 0.05) is 18.2 Å². The molecule has 1 atom stereocenters. The molecule has 1 amide bonds. The van der Waals surface area contributed by atoms with Crippen LogP contribution in [-0.2, 0) is 11.3 Å². The maximum atomic E-state index is 12.6. The zero-order chi connectivity index (χ0) is 18.1. The van der Waals surface area contributed by atoms with Gasteiger partial charge >= 0.3 is 0 Å². The molecular formula is C20H22N4OS. The number of carbonyl (C=O) groups excluding carboxylic acids is 1. The van der Waals surface area contributed by atoms with E-state index >= 15 is 0 Å². The second kappa shape index (κ2) is 7.11. The van der Waals surface area contributed by atoms with Crippen LogP contribution in [0, 0.1) is 0 Å². The molecule has 0 bridgehead atoms. The van der Waals surface area contributed by atoms with Gasteiger partial charge in [0.25, 0.3) is 0 Å². The van der Waals surface area contributed by atoms with Gasteiger partial charge in [-0.1, -0.05) is 42.1 Å². The van der Waals surface area contributed by atoms with Gasteiger partial charge in [0.05, 0.1) is 5.25 Å². The Bertz CT molecular complexity index is 948. The molecule has 1 aromatic heterocycles. The summed E-state index contributed by atoms with van der Waals surface area (Å²) in [4.78, 5) is 12.6. The van der Waals surface area contributed by atoms with E-state index in [-0.39, 0.29) is 11.2 Å². The van der Waals surface area contributed by atoms with E-state index in [1.54, 1.807) is 0 Å². The Morgan fingerprint density at radius 2 is 2.00 bits per heavy atom. The van der Waals surface area contributed by atoms with Crippen molar-refractivity contribution in [3.8, 4) is 0 Å². The Balaban J connectivity index is 1.45. The van der Waals surface area contributed by atoms with Gasteiger partial charge in [-0.2, -0.15) is 0 Å². The molecule has 1 heterocycles. The van der Waals surface area contributed by atoms with Crippen LogP contribution >= 0.6 is 11.8 Å². The van der Waals surface area contributed by atoms with Crippen LogP contribution in [0.3, 0.4) is 0 Å². The Morgan fingerprint density at radius 1 is 1.23 bits per heavy atom. The summed E-state index contributed by atoms with van der Waals surface area (Å²) in [7, 11) is 0. The maximum absolute atomic E-state index is 12.6. The topological polar surface area (TPSA) is 59.8 Å². The number of amides is 1. The highest BCUT2D eigenvalue weighted by atomic mass is 32.2. The normalized spacial score (nSPS) is 15.2. The van der Waals surface area contributed by atoms with Crippen molar-refractivity contribution in [1.82, 2.24) is 14.8 Å². The first-order valence-electron chi connectivity index (χ1n) is 9.05. The number of rotatable bonds is 6. The quantitative estimate of drug-likeness (QED) is 0.655. The number of nitrogens with one attached hydrogen (secondary N) is 1.